The molecule has 2 rings (SSSR count). The molecule has 0 aromatic carbocycles. The summed E-state index contributed by atoms with van der Waals surface area (Å²) in [6.07, 6.45) is 7.34. The third-order valence-corrected chi connectivity index (χ3v) is 5.08. The molecular formula is C12H24N2S. The van der Waals surface area contributed by atoms with Crippen molar-refractivity contribution in [2.45, 2.75) is 43.4 Å². The van der Waals surface area contributed by atoms with Gasteiger partial charge in [0.1, 0.15) is 0 Å². The second-order valence-electron chi connectivity index (χ2n) is 5.01. The van der Waals surface area contributed by atoms with Crippen molar-refractivity contribution >= 4 is 11.8 Å². The molecule has 1 unspecified atom stereocenters. The number of likely N-dealkylation sites (N-methyl/N-ethyl adjacent to an activating group) is 1. The molecule has 0 spiro atoms. The lowest BCUT2D eigenvalue weighted by molar-refractivity contribution is 0.250. The van der Waals surface area contributed by atoms with Gasteiger partial charge in [-0.2, -0.15) is 11.8 Å². The van der Waals surface area contributed by atoms with Crippen LogP contribution in [0.25, 0.3) is 0 Å². The van der Waals surface area contributed by atoms with Gasteiger partial charge in [0.05, 0.1) is 0 Å². The molecule has 1 N–H and O–H groups in total. The average Bonchev–Trinajstić information content (AvgIpc) is 2.28. The van der Waals surface area contributed by atoms with Crippen LogP contribution in [0.1, 0.15) is 32.1 Å². The molecule has 15 heavy (non-hydrogen) atoms. The zero-order valence-electron chi connectivity index (χ0n) is 9.87. The molecule has 1 aliphatic heterocycles. The first-order valence-electron chi connectivity index (χ1n) is 6.38. The molecule has 2 aliphatic rings. The molecule has 0 aromatic rings. The van der Waals surface area contributed by atoms with Crippen molar-refractivity contribution in [1.82, 2.24) is 10.2 Å². The first kappa shape index (κ1) is 11.7. The molecule has 0 aromatic heterocycles. The van der Waals surface area contributed by atoms with Crippen molar-refractivity contribution in [3.63, 3.8) is 0 Å². The fraction of sp³-hybridized carbons (Fsp3) is 1.00. The highest BCUT2D eigenvalue weighted by molar-refractivity contribution is 7.99. The number of nitrogens with one attached hydrogen (secondary N) is 1. The SMILES string of the molecule is CN1CCNC(CSC2CCCCC2)C1. The number of piperazine rings is 1. The summed E-state index contributed by atoms with van der Waals surface area (Å²) in [6.45, 7) is 3.62. The van der Waals surface area contributed by atoms with E-state index in [0.717, 1.165) is 11.3 Å². The largest absolute Gasteiger partial charge is 0.311 e. The van der Waals surface area contributed by atoms with Crippen LogP contribution < -0.4 is 5.32 Å². The molecule has 1 heterocycles. The Morgan fingerprint density at radius 1 is 1.27 bits per heavy atom. The Morgan fingerprint density at radius 3 is 2.80 bits per heavy atom. The first-order chi connectivity index (χ1) is 7.34. The van der Waals surface area contributed by atoms with Crippen molar-refractivity contribution in [2.75, 3.05) is 32.4 Å². The Kier molecular flexibility index (Phi) is 4.79. The summed E-state index contributed by atoms with van der Waals surface area (Å²) in [5.74, 6) is 1.31. The normalized spacial score (nSPS) is 30.6. The van der Waals surface area contributed by atoms with Crippen LogP contribution in [0.4, 0.5) is 0 Å². The van der Waals surface area contributed by atoms with E-state index in [1.54, 1.807) is 0 Å². The second-order valence-corrected chi connectivity index (χ2v) is 6.34. The van der Waals surface area contributed by atoms with E-state index in [1.165, 1.54) is 57.5 Å². The molecule has 2 fully saturated rings. The molecule has 0 bridgehead atoms. The van der Waals surface area contributed by atoms with E-state index < -0.39 is 0 Å². The van der Waals surface area contributed by atoms with Gasteiger partial charge in [0.25, 0.3) is 0 Å². The topological polar surface area (TPSA) is 15.3 Å². The van der Waals surface area contributed by atoms with E-state index in [4.69, 9.17) is 0 Å². The summed E-state index contributed by atoms with van der Waals surface area (Å²) >= 11 is 2.22. The predicted octanol–water partition coefficient (Wildman–Crippen LogP) is 1.96. The maximum Gasteiger partial charge on any atom is 0.0286 e. The van der Waals surface area contributed by atoms with Crippen molar-refractivity contribution in [2.24, 2.45) is 0 Å². The minimum absolute atomic E-state index is 0.732. The van der Waals surface area contributed by atoms with Gasteiger partial charge in [-0.3, -0.25) is 0 Å². The van der Waals surface area contributed by atoms with Gasteiger partial charge in [0.2, 0.25) is 0 Å². The van der Waals surface area contributed by atoms with E-state index in [-0.39, 0.29) is 0 Å². The van der Waals surface area contributed by atoms with Gasteiger partial charge in [0, 0.05) is 36.7 Å². The van der Waals surface area contributed by atoms with E-state index >= 15 is 0 Å². The van der Waals surface area contributed by atoms with Gasteiger partial charge in [0.15, 0.2) is 0 Å². The lowest BCUT2D eigenvalue weighted by Crippen LogP contribution is -2.50. The number of thioether (sulfide) groups is 1. The number of hydrogen-bond acceptors (Lipinski definition) is 3. The highest BCUT2D eigenvalue weighted by Crippen LogP contribution is 2.28. The van der Waals surface area contributed by atoms with Gasteiger partial charge in [-0.15, -0.1) is 0 Å². The first-order valence-corrected chi connectivity index (χ1v) is 7.43. The lowest BCUT2D eigenvalue weighted by Gasteiger charge is -2.32. The van der Waals surface area contributed by atoms with Crippen LogP contribution in [-0.2, 0) is 0 Å². The van der Waals surface area contributed by atoms with Crippen molar-refractivity contribution in [1.29, 1.82) is 0 Å². The summed E-state index contributed by atoms with van der Waals surface area (Å²) in [5.41, 5.74) is 0. The Balaban J connectivity index is 1.63. The maximum atomic E-state index is 3.63. The van der Waals surface area contributed by atoms with E-state index in [2.05, 4.69) is 29.0 Å². The second kappa shape index (κ2) is 6.12. The zero-order valence-corrected chi connectivity index (χ0v) is 10.7. The smallest absolute Gasteiger partial charge is 0.0286 e. The van der Waals surface area contributed by atoms with Crippen LogP contribution in [0.15, 0.2) is 0 Å². The van der Waals surface area contributed by atoms with Crippen LogP contribution in [0.2, 0.25) is 0 Å². The lowest BCUT2D eigenvalue weighted by atomic mass is 10.0. The molecule has 3 heteroatoms. The molecular weight excluding hydrogens is 204 g/mol. The third-order valence-electron chi connectivity index (χ3n) is 3.54. The van der Waals surface area contributed by atoms with Crippen LogP contribution >= 0.6 is 11.8 Å². The molecule has 1 saturated heterocycles. The van der Waals surface area contributed by atoms with Gasteiger partial charge in [-0.25, -0.2) is 0 Å². The predicted molar refractivity (Wildman–Crippen MR) is 68.6 cm³/mol. The fourth-order valence-electron chi connectivity index (χ4n) is 2.59. The van der Waals surface area contributed by atoms with Crippen LogP contribution in [0, 0.1) is 0 Å². The van der Waals surface area contributed by atoms with E-state index in [9.17, 15) is 0 Å². The summed E-state index contributed by atoms with van der Waals surface area (Å²) < 4.78 is 0. The van der Waals surface area contributed by atoms with Crippen LogP contribution in [0.3, 0.4) is 0 Å². The monoisotopic (exact) mass is 228 g/mol. The molecule has 88 valence electrons. The van der Waals surface area contributed by atoms with Crippen LogP contribution in [0.5, 0.6) is 0 Å². The quantitative estimate of drug-likeness (QED) is 0.795. The fourth-order valence-corrected chi connectivity index (χ4v) is 3.98. The highest BCUT2D eigenvalue weighted by Gasteiger charge is 2.19. The molecule has 2 nitrogen and oxygen atoms in total. The van der Waals surface area contributed by atoms with Crippen LogP contribution in [-0.4, -0.2) is 48.6 Å². The van der Waals surface area contributed by atoms with Gasteiger partial charge in [-0.05, 0) is 19.9 Å². The third kappa shape index (κ3) is 3.97. The van der Waals surface area contributed by atoms with Crippen molar-refractivity contribution in [3.05, 3.63) is 0 Å². The Labute approximate surface area is 98.2 Å². The van der Waals surface area contributed by atoms with Crippen molar-refractivity contribution < 1.29 is 0 Å². The minimum atomic E-state index is 0.732. The molecule has 1 aliphatic carbocycles. The highest BCUT2D eigenvalue weighted by atomic mass is 32.2. The van der Waals surface area contributed by atoms with Gasteiger partial charge < -0.3 is 10.2 Å². The minimum Gasteiger partial charge on any atom is -0.311 e. The molecule has 0 amide bonds. The Bertz CT molecular complexity index is 180. The maximum absolute atomic E-state index is 3.63. The Hall–Kier alpha value is 0.270. The van der Waals surface area contributed by atoms with Crippen molar-refractivity contribution in [3.8, 4) is 0 Å². The summed E-state index contributed by atoms with van der Waals surface area (Å²) in [6, 6.07) is 0.732. The standard InChI is InChI=1S/C12H24N2S/c1-14-8-7-13-11(9-14)10-15-12-5-3-2-4-6-12/h11-13H,2-10H2,1H3. The summed E-state index contributed by atoms with van der Waals surface area (Å²) in [5, 5.41) is 4.59. The molecule has 0 radical (unpaired) electrons. The van der Waals surface area contributed by atoms with E-state index in [1.807, 2.05) is 0 Å². The van der Waals surface area contributed by atoms with Gasteiger partial charge >= 0.3 is 0 Å². The van der Waals surface area contributed by atoms with Gasteiger partial charge in [-0.1, -0.05) is 19.3 Å². The summed E-state index contributed by atoms with van der Waals surface area (Å²) in [4.78, 5) is 2.45. The Morgan fingerprint density at radius 2 is 2.07 bits per heavy atom. The van der Waals surface area contributed by atoms with E-state index in [0.29, 0.717) is 0 Å². The zero-order chi connectivity index (χ0) is 10.5. The average molecular weight is 228 g/mol. The molecule has 1 atom stereocenters. The number of rotatable bonds is 3. The number of hydrogen-bond donors (Lipinski definition) is 1. The number of nitrogens with zero attached hydrogens (tertiary/aromatic N) is 1. The molecule has 1 saturated carbocycles. The summed E-state index contributed by atoms with van der Waals surface area (Å²) in [7, 11) is 2.24.